The number of aromatic nitrogens is 1. The molecule has 0 radical (unpaired) electrons. The first-order valence-corrected chi connectivity index (χ1v) is 19.3. The fraction of sp³-hybridized carbons (Fsp3) is 0.0204. The van der Waals surface area contributed by atoms with E-state index in [4.69, 9.17) is 14.4 Å². The van der Waals surface area contributed by atoms with Crippen molar-refractivity contribution in [1.82, 2.24) is 9.88 Å². The Labute approximate surface area is 319 Å². The van der Waals surface area contributed by atoms with E-state index in [9.17, 15) is 0 Å². The number of thiophene rings is 1. The van der Waals surface area contributed by atoms with Crippen LogP contribution >= 0.6 is 11.3 Å². The van der Waals surface area contributed by atoms with Crippen molar-refractivity contribution in [2.75, 3.05) is 0 Å². The molecular formula is C49H30N4OS. The van der Waals surface area contributed by atoms with Crippen molar-refractivity contribution < 1.29 is 4.42 Å². The first kappa shape index (κ1) is 30.4. The van der Waals surface area contributed by atoms with Gasteiger partial charge >= 0.3 is 0 Å². The van der Waals surface area contributed by atoms with Gasteiger partial charge < -0.3 is 14.3 Å². The largest absolute Gasteiger partial charge is 0.454 e. The molecule has 1 N–H and O–H groups in total. The summed E-state index contributed by atoms with van der Waals surface area (Å²) in [6.45, 7) is 0. The molecule has 1 aliphatic rings. The van der Waals surface area contributed by atoms with Crippen molar-refractivity contribution in [2.24, 2.45) is 9.98 Å². The predicted molar refractivity (Wildman–Crippen MR) is 230 cm³/mol. The Morgan fingerprint density at radius 3 is 2.18 bits per heavy atom. The fourth-order valence-electron chi connectivity index (χ4n) is 8.57. The van der Waals surface area contributed by atoms with E-state index in [2.05, 4.69) is 155 Å². The highest BCUT2D eigenvalue weighted by Gasteiger charge is 2.29. The lowest BCUT2D eigenvalue weighted by Gasteiger charge is -2.26. The number of benzene rings is 8. The molecule has 3 aromatic heterocycles. The number of fused-ring (bicyclic) bond motifs is 10. The topological polar surface area (TPSA) is 54.8 Å². The van der Waals surface area contributed by atoms with Crippen LogP contribution in [0.1, 0.15) is 22.9 Å². The van der Waals surface area contributed by atoms with Crippen LogP contribution in [0.15, 0.2) is 184 Å². The van der Waals surface area contributed by atoms with Crippen LogP contribution in [0.4, 0.5) is 0 Å². The van der Waals surface area contributed by atoms with Gasteiger partial charge in [0, 0.05) is 58.4 Å². The highest BCUT2D eigenvalue weighted by molar-refractivity contribution is 7.25. The zero-order valence-electron chi connectivity index (χ0n) is 29.4. The van der Waals surface area contributed by atoms with Gasteiger partial charge in [0.05, 0.1) is 16.7 Å². The van der Waals surface area contributed by atoms with Crippen LogP contribution in [-0.2, 0) is 0 Å². The number of nitrogens with zero attached hydrogens (tertiary/aromatic N) is 3. The van der Waals surface area contributed by atoms with E-state index in [0.29, 0.717) is 5.84 Å². The van der Waals surface area contributed by atoms with Crippen molar-refractivity contribution in [2.45, 2.75) is 6.17 Å². The lowest BCUT2D eigenvalue weighted by Crippen LogP contribution is -2.34. The van der Waals surface area contributed by atoms with Crippen LogP contribution in [0.3, 0.4) is 0 Å². The molecule has 5 nitrogen and oxygen atoms in total. The summed E-state index contributed by atoms with van der Waals surface area (Å²) in [6, 6.07) is 60.1. The van der Waals surface area contributed by atoms with Crippen molar-refractivity contribution in [1.29, 1.82) is 0 Å². The number of furan rings is 1. The minimum atomic E-state index is -0.493. The second-order valence-electron chi connectivity index (χ2n) is 14.2. The Kier molecular flexibility index (Phi) is 6.50. The van der Waals surface area contributed by atoms with Crippen molar-refractivity contribution in [3.63, 3.8) is 0 Å². The summed E-state index contributed by atoms with van der Waals surface area (Å²) in [7, 11) is 0. The van der Waals surface area contributed by atoms with Crippen molar-refractivity contribution >= 4 is 97.7 Å². The number of rotatable bonds is 4. The van der Waals surface area contributed by atoms with Gasteiger partial charge in [0.2, 0.25) is 0 Å². The van der Waals surface area contributed by atoms with Gasteiger partial charge in [-0.05, 0) is 53.2 Å². The zero-order chi connectivity index (χ0) is 36.0. The fourth-order valence-corrected chi connectivity index (χ4v) is 9.70. The van der Waals surface area contributed by atoms with E-state index in [-0.39, 0.29) is 0 Å². The third kappa shape index (κ3) is 4.59. The van der Waals surface area contributed by atoms with E-state index in [1.165, 1.54) is 41.7 Å². The van der Waals surface area contributed by atoms with Crippen LogP contribution in [0.5, 0.6) is 0 Å². The molecule has 0 aliphatic carbocycles. The Bertz CT molecular complexity index is 3420. The minimum Gasteiger partial charge on any atom is -0.454 e. The highest BCUT2D eigenvalue weighted by Crippen LogP contribution is 2.43. The standard InChI is InChI=1S/C49H30N4OS/c1-2-13-29(14-3-1)47-50-48(36-20-12-24-43-44(36)35-19-8-11-23-42(35)55-43)52-49(51-47)37-26-25-34-33-18-7-10-22-41(33)54-46(34)45(37)53-39-21-9-6-17-32(39)38-27-30-15-4-5-16-31(30)28-40(38)53/h1-28,49H,(H,50,51,52). The lowest BCUT2D eigenvalue weighted by atomic mass is 10.0. The quantitative estimate of drug-likeness (QED) is 0.197. The van der Waals surface area contributed by atoms with Crippen LogP contribution in [-0.4, -0.2) is 16.2 Å². The molecule has 11 aromatic rings. The monoisotopic (exact) mass is 722 g/mol. The van der Waals surface area contributed by atoms with E-state index in [0.717, 1.165) is 61.2 Å². The smallest absolute Gasteiger partial charge is 0.159 e. The van der Waals surface area contributed by atoms with Crippen molar-refractivity contribution in [3.8, 4) is 5.69 Å². The molecule has 1 atom stereocenters. The molecule has 0 fully saturated rings. The molecule has 0 amide bonds. The van der Waals surface area contributed by atoms with E-state index < -0.39 is 6.17 Å². The summed E-state index contributed by atoms with van der Waals surface area (Å²) in [4.78, 5) is 10.7. The van der Waals surface area contributed by atoms with Crippen LogP contribution in [0.2, 0.25) is 0 Å². The zero-order valence-corrected chi connectivity index (χ0v) is 30.2. The summed E-state index contributed by atoms with van der Waals surface area (Å²) < 4.78 is 11.8. The number of amidine groups is 2. The Morgan fingerprint density at radius 2 is 1.29 bits per heavy atom. The molecule has 0 bridgehead atoms. The maximum Gasteiger partial charge on any atom is 0.159 e. The molecule has 258 valence electrons. The SMILES string of the molecule is c1ccc(C2=NC(c3ccc4c(oc5ccccc54)c3-n3c4ccccc4c4cc5ccccc5cc43)NC(c3cccc4sc5ccccc5c34)=N2)cc1. The molecule has 0 spiro atoms. The van der Waals surface area contributed by atoms with Gasteiger partial charge in [-0.15, -0.1) is 11.3 Å². The van der Waals surface area contributed by atoms with Gasteiger partial charge in [-0.2, -0.15) is 0 Å². The summed E-state index contributed by atoms with van der Waals surface area (Å²) in [5.74, 6) is 1.47. The predicted octanol–water partition coefficient (Wildman–Crippen LogP) is 12.7. The van der Waals surface area contributed by atoms with Gasteiger partial charge in [0.1, 0.15) is 17.6 Å². The van der Waals surface area contributed by atoms with Crippen LogP contribution < -0.4 is 5.32 Å². The van der Waals surface area contributed by atoms with Crippen LogP contribution in [0, 0.1) is 0 Å². The molecule has 0 saturated heterocycles. The van der Waals surface area contributed by atoms with Gasteiger partial charge in [-0.25, -0.2) is 9.98 Å². The van der Waals surface area contributed by atoms with E-state index >= 15 is 0 Å². The molecule has 1 unspecified atom stereocenters. The first-order chi connectivity index (χ1) is 27.3. The summed E-state index contributed by atoms with van der Waals surface area (Å²) in [5.41, 5.74) is 7.86. The molecule has 1 aliphatic heterocycles. The first-order valence-electron chi connectivity index (χ1n) is 18.5. The highest BCUT2D eigenvalue weighted by atomic mass is 32.1. The molecular weight excluding hydrogens is 693 g/mol. The average molecular weight is 723 g/mol. The van der Waals surface area contributed by atoms with Crippen LogP contribution in [0.25, 0.3) is 80.4 Å². The summed E-state index contributed by atoms with van der Waals surface area (Å²) in [5, 5.41) is 13.2. The maximum absolute atomic E-state index is 6.92. The van der Waals surface area contributed by atoms with E-state index in [1.807, 2.05) is 35.6 Å². The molecule has 0 saturated carbocycles. The number of aliphatic imine (C=N–C) groups is 2. The number of hydrogen-bond donors (Lipinski definition) is 1. The number of nitrogens with one attached hydrogen (secondary N) is 1. The second kappa shape index (κ2) is 11.7. The second-order valence-corrected chi connectivity index (χ2v) is 15.2. The van der Waals surface area contributed by atoms with Gasteiger partial charge in [0.25, 0.3) is 0 Å². The summed E-state index contributed by atoms with van der Waals surface area (Å²) >= 11 is 1.81. The molecule has 55 heavy (non-hydrogen) atoms. The molecule has 6 heteroatoms. The Hall–Kier alpha value is -7.02. The van der Waals surface area contributed by atoms with E-state index in [1.54, 1.807) is 0 Å². The molecule has 4 heterocycles. The minimum absolute atomic E-state index is 0.493. The third-order valence-corrected chi connectivity index (χ3v) is 12.2. The molecule has 8 aromatic carbocycles. The van der Waals surface area contributed by atoms with Gasteiger partial charge in [-0.3, -0.25) is 0 Å². The molecule has 12 rings (SSSR count). The maximum atomic E-state index is 6.92. The summed E-state index contributed by atoms with van der Waals surface area (Å²) in [6.07, 6.45) is -0.493. The lowest BCUT2D eigenvalue weighted by molar-refractivity contribution is 0.650. The number of para-hydroxylation sites is 2. The Morgan fingerprint density at radius 1 is 0.564 bits per heavy atom. The number of hydrogen-bond acceptors (Lipinski definition) is 5. The average Bonchev–Trinajstić information content (AvgIpc) is 3.92. The third-order valence-electron chi connectivity index (χ3n) is 11.0. The van der Waals surface area contributed by atoms with Gasteiger partial charge in [-0.1, -0.05) is 127 Å². The van der Waals surface area contributed by atoms with Crippen molar-refractivity contribution in [3.05, 3.63) is 187 Å². The normalized spacial score (nSPS) is 14.7. The van der Waals surface area contributed by atoms with Gasteiger partial charge in [0.15, 0.2) is 11.4 Å². The Balaban J connectivity index is 1.17.